The van der Waals surface area contributed by atoms with Gasteiger partial charge in [-0.2, -0.15) is 0 Å². The van der Waals surface area contributed by atoms with Gasteiger partial charge in [-0.1, -0.05) is 0 Å². The molecule has 1 aliphatic rings. The Hall–Kier alpha value is -0.0800. The van der Waals surface area contributed by atoms with E-state index in [9.17, 15) is 0 Å². The van der Waals surface area contributed by atoms with Crippen molar-refractivity contribution < 1.29 is 5.11 Å². The fourth-order valence-corrected chi connectivity index (χ4v) is 0.918. The van der Waals surface area contributed by atoms with E-state index in [0.29, 0.717) is 6.61 Å². The van der Waals surface area contributed by atoms with Gasteiger partial charge in [0.05, 0.1) is 0 Å². The highest BCUT2D eigenvalue weighted by molar-refractivity contribution is 4.71. The fraction of sp³-hybridized carbons (Fsp3) is 1.00. The number of aliphatic hydroxyl groups excluding tert-OH is 1. The highest BCUT2D eigenvalue weighted by atomic mass is 16.2. The van der Waals surface area contributed by atoms with E-state index >= 15 is 0 Å². The normalized spacial score (nSPS) is 18.3. The third kappa shape index (κ3) is 3.49. The van der Waals surface area contributed by atoms with E-state index in [2.05, 4.69) is 4.90 Å². The Labute approximate surface area is 56.5 Å². The number of aliphatic hydroxyl groups is 1. The van der Waals surface area contributed by atoms with Gasteiger partial charge >= 0.3 is 0 Å². The van der Waals surface area contributed by atoms with E-state index in [1.54, 1.807) is 0 Å². The van der Waals surface area contributed by atoms with Gasteiger partial charge in [0.1, 0.15) is 0 Å². The molecular formula is C7H15NO. The standard InChI is InChI=1S/C7H15NO/c9-7-3-1-2-4-8-5-6-8/h9H,1-7H2. The zero-order valence-electron chi connectivity index (χ0n) is 5.84. The molecule has 2 nitrogen and oxygen atoms in total. The molecule has 1 N–H and O–H groups in total. The van der Waals surface area contributed by atoms with Crippen molar-refractivity contribution >= 4 is 0 Å². The average molecular weight is 129 g/mol. The summed E-state index contributed by atoms with van der Waals surface area (Å²) in [5.41, 5.74) is 0. The van der Waals surface area contributed by atoms with E-state index in [-0.39, 0.29) is 0 Å². The van der Waals surface area contributed by atoms with Gasteiger partial charge in [0.25, 0.3) is 0 Å². The van der Waals surface area contributed by atoms with Crippen LogP contribution in [0.2, 0.25) is 0 Å². The van der Waals surface area contributed by atoms with E-state index < -0.39 is 0 Å². The highest BCUT2D eigenvalue weighted by Crippen LogP contribution is 2.05. The largest absolute Gasteiger partial charge is 0.396 e. The molecule has 1 aliphatic heterocycles. The summed E-state index contributed by atoms with van der Waals surface area (Å²) < 4.78 is 0. The maximum atomic E-state index is 8.43. The topological polar surface area (TPSA) is 23.2 Å². The lowest BCUT2D eigenvalue weighted by Gasteiger charge is -1.97. The first kappa shape index (κ1) is 7.03. The van der Waals surface area contributed by atoms with Crippen LogP contribution in [-0.2, 0) is 0 Å². The number of hydrogen-bond donors (Lipinski definition) is 1. The minimum absolute atomic E-state index is 0.361. The number of unbranched alkanes of at least 4 members (excludes halogenated alkanes) is 2. The summed E-state index contributed by atoms with van der Waals surface area (Å²) in [6.07, 6.45) is 3.43. The number of nitrogens with zero attached hydrogens (tertiary/aromatic N) is 1. The molecule has 0 aromatic rings. The van der Waals surface area contributed by atoms with Crippen LogP contribution in [0.1, 0.15) is 19.3 Å². The summed E-state index contributed by atoms with van der Waals surface area (Å²) in [4.78, 5) is 2.41. The van der Waals surface area contributed by atoms with Crippen molar-refractivity contribution in [2.24, 2.45) is 0 Å². The molecule has 0 bridgehead atoms. The van der Waals surface area contributed by atoms with E-state index in [4.69, 9.17) is 5.11 Å². The molecule has 0 aromatic carbocycles. The van der Waals surface area contributed by atoms with Crippen LogP contribution < -0.4 is 0 Å². The molecule has 54 valence electrons. The molecule has 1 heterocycles. The lowest BCUT2D eigenvalue weighted by Crippen LogP contribution is -1.98. The van der Waals surface area contributed by atoms with Crippen LogP contribution in [0, 0.1) is 0 Å². The second-order valence-corrected chi connectivity index (χ2v) is 2.63. The molecule has 0 radical (unpaired) electrons. The van der Waals surface area contributed by atoms with Crippen molar-refractivity contribution in [1.82, 2.24) is 4.90 Å². The Morgan fingerprint density at radius 2 is 1.89 bits per heavy atom. The van der Waals surface area contributed by atoms with Gasteiger partial charge < -0.3 is 10.0 Å². The Kier molecular flexibility index (Phi) is 3.01. The summed E-state index contributed by atoms with van der Waals surface area (Å²) in [7, 11) is 0. The smallest absolute Gasteiger partial charge is 0.0431 e. The van der Waals surface area contributed by atoms with E-state index in [1.807, 2.05) is 0 Å². The van der Waals surface area contributed by atoms with Gasteiger partial charge in [-0.25, -0.2) is 0 Å². The summed E-state index contributed by atoms with van der Waals surface area (Å²) in [5.74, 6) is 0. The molecule has 0 spiro atoms. The minimum atomic E-state index is 0.361. The monoisotopic (exact) mass is 129 g/mol. The maximum absolute atomic E-state index is 8.43. The quantitative estimate of drug-likeness (QED) is 0.430. The second-order valence-electron chi connectivity index (χ2n) is 2.63. The molecule has 2 heteroatoms. The Morgan fingerprint density at radius 3 is 2.44 bits per heavy atom. The van der Waals surface area contributed by atoms with Crippen molar-refractivity contribution in [3.05, 3.63) is 0 Å². The van der Waals surface area contributed by atoms with Gasteiger partial charge in [0, 0.05) is 19.7 Å². The van der Waals surface area contributed by atoms with Crippen molar-refractivity contribution in [3.63, 3.8) is 0 Å². The van der Waals surface area contributed by atoms with Gasteiger partial charge in [0.2, 0.25) is 0 Å². The Balaban J connectivity index is 1.71. The molecule has 1 rings (SSSR count). The van der Waals surface area contributed by atoms with Crippen LogP contribution in [0.25, 0.3) is 0 Å². The van der Waals surface area contributed by atoms with Crippen LogP contribution in [0.4, 0.5) is 0 Å². The van der Waals surface area contributed by atoms with Crippen LogP contribution in [-0.4, -0.2) is 36.2 Å². The fourth-order valence-electron chi connectivity index (χ4n) is 0.918. The lowest BCUT2D eigenvalue weighted by atomic mass is 10.2. The molecule has 1 saturated heterocycles. The predicted octanol–water partition coefficient (Wildman–Crippen LogP) is 0.465. The van der Waals surface area contributed by atoms with Gasteiger partial charge in [0.15, 0.2) is 0 Å². The maximum Gasteiger partial charge on any atom is 0.0431 e. The van der Waals surface area contributed by atoms with Gasteiger partial charge in [-0.3, -0.25) is 0 Å². The number of rotatable bonds is 5. The summed E-state index contributed by atoms with van der Waals surface area (Å²) >= 11 is 0. The van der Waals surface area contributed by atoms with E-state index in [0.717, 1.165) is 6.42 Å². The molecule has 0 aromatic heterocycles. The third-order valence-corrected chi connectivity index (χ3v) is 1.67. The molecule has 0 unspecified atom stereocenters. The van der Waals surface area contributed by atoms with Crippen LogP contribution in [0.5, 0.6) is 0 Å². The van der Waals surface area contributed by atoms with Crippen molar-refractivity contribution in [2.75, 3.05) is 26.2 Å². The first-order valence-corrected chi connectivity index (χ1v) is 3.76. The summed E-state index contributed by atoms with van der Waals surface area (Å²) in [6.45, 7) is 4.22. The Bertz CT molecular complexity index is 71.3. The zero-order valence-corrected chi connectivity index (χ0v) is 5.84. The molecule has 0 aliphatic carbocycles. The van der Waals surface area contributed by atoms with Crippen molar-refractivity contribution in [3.8, 4) is 0 Å². The average Bonchev–Trinajstić information content (AvgIpc) is 2.63. The van der Waals surface area contributed by atoms with E-state index in [1.165, 1.54) is 32.5 Å². The summed E-state index contributed by atoms with van der Waals surface area (Å²) in [5, 5.41) is 8.43. The first-order chi connectivity index (χ1) is 4.43. The molecule has 0 atom stereocenters. The molecule has 1 fully saturated rings. The van der Waals surface area contributed by atoms with Gasteiger partial charge in [-0.15, -0.1) is 0 Å². The highest BCUT2D eigenvalue weighted by Gasteiger charge is 2.14. The SMILES string of the molecule is OCCCCCN1CC1. The van der Waals surface area contributed by atoms with Crippen LogP contribution in [0.15, 0.2) is 0 Å². The second kappa shape index (κ2) is 3.85. The number of hydrogen-bond acceptors (Lipinski definition) is 2. The zero-order chi connectivity index (χ0) is 6.53. The van der Waals surface area contributed by atoms with Crippen molar-refractivity contribution in [2.45, 2.75) is 19.3 Å². The Morgan fingerprint density at radius 1 is 1.11 bits per heavy atom. The third-order valence-electron chi connectivity index (χ3n) is 1.67. The van der Waals surface area contributed by atoms with Crippen LogP contribution in [0.3, 0.4) is 0 Å². The molecular weight excluding hydrogens is 114 g/mol. The molecule has 9 heavy (non-hydrogen) atoms. The van der Waals surface area contributed by atoms with Gasteiger partial charge in [-0.05, 0) is 25.8 Å². The lowest BCUT2D eigenvalue weighted by molar-refractivity contribution is 0.281. The van der Waals surface area contributed by atoms with Crippen LogP contribution >= 0.6 is 0 Å². The minimum Gasteiger partial charge on any atom is -0.396 e. The summed E-state index contributed by atoms with van der Waals surface area (Å²) in [6, 6.07) is 0. The first-order valence-electron chi connectivity index (χ1n) is 3.76. The predicted molar refractivity (Wildman–Crippen MR) is 37.4 cm³/mol. The van der Waals surface area contributed by atoms with Crippen molar-refractivity contribution in [1.29, 1.82) is 0 Å². The molecule has 0 amide bonds. The molecule has 0 saturated carbocycles.